The number of nitrogens with two attached hydrogens (primary N) is 1. The molecule has 0 radical (unpaired) electrons. The van der Waals surface area contributed by atoms with Crippen LogP contribution >= 0.6 is 0 Å². The Kier molecular flexibility index (Phi) is 4.48. The summed E-state index contributed by atoms with van der Waals surface area (Å²) in [6.45, 7) is 3.95. The van der Waals surface area contributed by atoms with Crippen molar-refractivity contribution in [3.8, 4) is 5.75 Å². The van der Waals surface area contributed by atoms with Crippen molar-refractivity contribution in [1.29, 1.82) is 0 Å². The Morgan fingerprint density at radius 2 is 2.00 bits per heavy atom. The molecule has 1 atom stereocenters. The first kappa shape index (κ1) is 14.9. The number of anilines is 1. The third-order valence-corrected chi connectivity index (χ3v) is 3.40. The number of carbonyl (C=O) groups is 1. The van der Waals surface area contributed by atoms with Crippen LogP contribution in [0.15, 0.2) is 42.5 Å². The number of phenols is 1. The summed E-state index contributed by atoms with van der Waals surface area (Å²) in [5.41, 5.74) is 8.88. The summed E-state index contributed by atoms with van der Waals surface area (Å²) in [5, 5.41) is 13.3. The number of rotatable bonds is 5. The second kappa shape index (κ2) is 6.31. The molecule has 2 rings (SSSR count). The van der Waals surface area contributed by atoms with E-state index in [4.69, 9.17) is 5.73 Å². The Hall–Kier alpha value is -2.49. The molecule has 4 N–H and O–H groups in total. The number of phenolic OH excluding ortho intramolecular Hbond substituents is 1. The molecular weight excluding hydrogens is 264 g/mol. The third-order valence-electron chi connectivity index (χ3n) is 3.40. The van der Waals surface area contributed by atoms with E-state index in [1.54, 1.807) is 6.07 Å². The third kappa shape index (κ3) is 3.75. The van der Waals surface area contributed by atoms with Gasteiger partial charge < -0.3 is 16.2 Å². The van der Waals surface area contributed by atoms with Crippen LogP contribution in [0.4, 0.5) is 5.69 Å². The van der Waals surface area contributed by atoms with E-state index in [1.807, 2.05) is 50.2 Å². The van der Waals surface area contributed by atoms with Crippen LogP contribution in [0.25, 0.3) is 0 Å². The Balaban J connectivity index is 2.25. The lowest BCUT2D eigenvalue weighted by molar-refractivity contribution is -0.117. The van der Waals surface area contributed by atoms with Crippen LogP contribution in [0.5, 0.6) is 5.75 Å². The summed E-state index contributed by atoms with van der Waals surface area (Å²) < 4.78 is 0. The van der Waals surface area contributed by atoms with Crippen molar-refractivity contribution in [2.24, 2.45) is 5.73 Å². The number of amides is 1. The van der Waals surface area contributed by atoms with Crippen LogP contribution < -0.4 is 11.1 Å². The van der Waals surface area contributed by atoms with Crippen LogP contribution in [-0.2, 0) is 11.2 Å². The summed E-state index contributed by atoms with van der Waals surface area (Å²) >= 11 is 0. The van der Waals surface area contributed by atoms with E-state index < -0.39 is 0 Å². The van der Waals surface area contributed by atoms with Gasteiger partial charge in [-0.05, 0) is 31.5 Å². The Labute approximate surface area is 124 Å². The standard InChI is InChI=1S/C17H20N2O2/c1-11-7-8-16(20)14(9-11)12(2)19-15-6-4-3-5-13(15)10-17(18)21/h3-9,12,19-20H,10H2,1-2H3,(H2,18,21). The fraction of sp³-hybridized carbons (Fsp3) is 0.235. The molecule has 2 aromatic carbocycles. The van der Waals surface area contributed by atoms with Gasteiger partial charge in [0.2, 0.25) is 5.91 Å². The molecule has 21 heavy (non-hydrogen) atoms. The highest BCUT2D eigenvalue weighted by Crippen LogP contribution is 2.29. The first-order valence-corrected chi connectivity index (χ1v) is 6.89. The highest BCUT2D eigenvalue weighted by atomic mass is 16.3. The number of nitrogens with one attached hydrogen (secondary N) is 1. The highest BCUT2D eigenvalue weighted by Gasteiger charge is 2.13. The number of primary amides is 1. The minimum absolute atomic E-state index is 0.0843. The maximum atomic E-state index is 11.1. The van der Waals surface area contributed by atoms with Gasteiger partial charge in [-0.15, -0.1) is 0 Å². The van der Waals surface area contributed by atoms with Gasteiger partial charge >= 0.3 is 0 Å². The largest absolute Gasteiger partial charge is 0.508 e. The van der Waals surface area contributed by atoms with E-state index in [1.165, 1.54) is 0 Å². The van der Waals surface area contributed by atoms with Gasteiger partial charge in [-0.3, -0.25) is 4.79 Å². The molecule has 0 saturated carbocycles. The SMILES string of the molecule is Cc1ccc(O)c(C(C)Nc2ccccc2CC(N)=O)c1. The molecule has 0 saturated heterocycles. The first-order valence-electron chi connectivity index (χ1n) is 6.89. The number of aromatic hydroxyl groups is 1. The quantitative estimate of drug-likeness (QED) is 0.790. The number of hydrogen-bond donors (Lipinski definition) is 3. The average molecular weight is 284 g/mol. The molecule has 0 bridgehead atoms. The monoisotopic (exact) mass is 284 g/mol. The minimum atomic E-state index is -0.365. The molecule has 1 unspecified atom stereocenters. The molecule has 1 amide bonds. The van der Waals surface area contributed by atoms with Crippen molar-refractivity contribution in [1.82, 2.24) is 0 Å². The van der Waals surface area contributed by atoms with E-state index in [2.05, 4.69) is 5.32 Å². The zero-order valence-electron chi connectivity index (χ0n) is 12.3. The van der Waals surface area contributed by atoms with E-state index >= 15 is 0 Å². The molecule has 0 heterocycles. The fourth-order valence-electron chi connectivity index (χ4n) is 2.33. The van der Waals surface area contributed by atoms with Crippen LogP contribution in [0.1, 0.15) is 29.7 Å². The number of carbonyl (C=O) groups excluding carboxylic acids is 1. The molecule has 110 valence electrons. The summed E-state index contributed by atoms with van der Waals surface area (Å²) in [7, 11) is 0. The van der Waals surface area contributed by atoms with Crippen molar-refractivity contribution in [3.05, 3.63) is 59.2 Å². The Bertz CT molecular complexity index is 653. The lowest BCUT2D eigenvalue weighted by Gasteiger charge is -2.19. The molecule has 0 fully saturated rings. The summed E-state index contributed by atoms with van der Waals surface area (Å²) in [6, 6.07) is 13.0. The van der Waals surface area contributed by atoms with Crippen molar-refractivity contribution >= 4 is 11.6 Å². The van der Waals surface area contributed by atoms with E-state index in [0.717, 1.165) is 22.4 Å². The second-order valence-corrected chi connectivity index (χ2v) is 5.23. The van der Waals surface area contributed by atoms with Gasteiger partial charge in [0, 0.05) is 11.3 Å². The number of benzene rings is 2. The number of aryl methyl sites for hydroxylation is 1. The molecule has 0 spiro atoms. The van der Waals surface area contributed by atoms with Gasteiger partial charge in [-0.1, -0.05) is 35.9 Å². The number of hydrogen-bond acceptors (Lipinski definition) is 3. The predicted molar refractivity (Wildman–Crippen MR) is 84.2 cm³/mol. The van der Waals surface area contributed by atoms with Gasteiger partial charge in [0.05, 0.1) is 12.5 Å². The van der Waals surface area contributed by atoms with Gasteiger partial charge in [-0.25, -0.2) is 0 Å². The Morgan fingerprint density at radius 3 is 2.71 bits per heavy atom. The molecule has 4 nitrogen and oxygen atoms in total. The molecule has 4 heteroatoms. The van der Waals surface area contributed by atoms with Gasteiger partial charge in [0.25, 0.3) is 0 Å². The molecule has 0 aliphatic heterocycles. The normalized spacial score (nSPS) is 11.9. The second-order valence-electron chi connectivity index (χ2n) is 5.23. The topological polar surface area (TPSA) is 75.3 Å². The minimum Gasteiger partial charge on any atom is -0.508 e. The summed E-state index contributed by atoms with van der Waals surface area (Å²) in [4.78, 5) is 11.1. The van der Waals surface area contributed by atoms with Crippen LogP contribution in [0, 0.1) is 6.92 Å². The van der Waals surface area contributed by atoms with Crippen molar-refractivity contribution in [2.45, 2.75) is 26.3 Å². The van der Waals surface area contributed by atoms with E-state index in [-0.39, 0.29) is 24.1 Å². The van der Waals surface area contributed by atoms with Crippen LogP contribution in [0.2, 0.25) is 0 Å². The fourth-order valence-corrected chi connectivity index (χ4v) is 2.33. The molecule has 0 aromatic heterocycles. The maximum Gasteiger partial charge on any atom is 0.221 e. The Morgan fingerprint density at radius 1 is 1.29 bits per heavy atom. The van der Waals surface area contributed by atoms with Crippen LogP contribution in [0.3, 0.4) is 0 Å². The van der Waals surface area contributed by atoms with E-state index in [9.17, 15) is 9.90 Å². The molecule has 0 aliphatic carbocycles. The zero-order chi connectivity index (χ0) is 15.4. The molecular formula is C17H20N2O2. The first-order chi connectivity index (χ1) is 9.97. The molecule has 0 aliphatic rings. The van der Waals surface area contributed by atoms with Crippen molar-refractivity contribution in [3.63, 3.8) is 0 Å². The zero-order valence-corrected chi connectivity index (χ0v) is 12.3. The van der Waals surface area contributed by atoms with Gasteiger partial charge in [0.1, 0.15) is 5.75 Å². The smallest absolute Gasteiger partial charge is 0.221 e. The van der Waals surface area contributed by atoms with Crippen molar-refractivity contribution < 1.29 is 9.90 Å². The van der Waals surface area contributed by atoms with Crippen LogP contribution in [-0.4, -0.2) is 11.0 Å². The van der Waals surface area contributed by atoms with Gasteiger partial charge in [0.15, 0.2) is 0 Å². The lowest BCUT2D eigenvalue weighted by atomic mass is 10.0. The number of para-hydroxylation sites is 1. The van der Waals surface area contributed by atoms with Crippen molar-refractivity contribution in [2.75, 3.05) is 5.32 Å². The lowest BCUT2D eigenvalue weighted by Crippen LogP contribution is -2.16. The molecule has 2 aromatic rings. The van der Waals surface area contributed by atoms with E-state index in [0.29, 0.717) is 0 Å². The highest BCUT2D eigenvalue weighted by molar-refractivity contribution is 5.78. The maximum absolute atomic E-state index is 11.1. The summed E-state index contributed by atoms with van der Waals surface area (Å²) in [5.74, 6) is -0.108. The van der Waals surface area contributed by atoms with Gasteiger partial charge in [-0.2, -0.15) is 0 Å². The summed E-state index contributed by atoms with van der Waals surface area (Å²) in [6.07, 6.45) is 0.190. The predicted octanol–water partition coefficient (Wildman–Crippen LogP) is 2.90. The average Bonchev–Trinajstić information content (AvgIpc) is 2.43.